The van der Waals surface area contributed by atoms with Crippen molar-refractivity contribution in [3.8, 4) is 0 Å². The Bertz CT molecular complexity index is 447. The predicted molar refractivity (Wildman–Crippen MR) is 88.7 cm³/mol. The highest BCUT2D eigenvalue weighted by Gasteiger charge is 2.25. The summed E-state index contributed by atoms with van der Waals surface area (Å²) in [5.74, 6) is 0.897. The van der Waals surface area contributed by atoms with Gasteiger partial charge >= 0.3 is 0 Å². The minimum Gasteiger partial charge on any atom is -0.371 e. The van der Waals surface area contributed by atoms with Crippen molar-refractivity contribution in [1.29, 1.82) is 0 Å². The van der Waals surface area contributed by atoms with Crippen molar-refractivity contribution in [3.05, 3.63) is 28.8 Å². The second-order valence-electron chi connectivity index (χ2n) is 6.86. The molecule has 112 valence electrons. The van der Waals surface area contributed by atoms with Crippen LogP contribution in [0.25, 0.3) is 0 Å². The lowest BCUT2D eigenvalue weighted by atomic mass is 10.1. The third kappa shape index (κ3) is 4.68. The lowest BCUT2D eigenvalue weighted by Gasteiger charge is -2.28. The first-order valence-electron chi connectivity index (χ1n) is 7.67. The smallest absolute Gasteiger partial charge is 0.0412 e. The van der Waals surface area contributed by atoms with Gasteiger partial charge < -0.3 is 10.2 Å². The summed E-state index contributed by atoms with van der Waals surface area (Å²) in [6.45, 7) is 11.9. The Labute approximate surface area is 128 Å². The first-order chi connectivity index (χ1) is 9.39. The number of anilines is 1. The van der Waals surface area contributed by atoms with Gasteiger partial charge in [0, 0.05) is 35.9 Å². The van der Waals surface area contributed by atoms with Crippen LogP contribution >= 0.6 is 11.6 Å². The van der Waals surface area contributed by atoms with Crippen LogP contribution in [-0.2, 0) is 6.54 Å². The first-order valence-corrected chi connectivity index (χ1v) is 8.05. The van der Waals surface area contributed by atoms with Crippen LogP contribution in [0.15, 0.2) is 18.2 Å². The Morgan fingerprint density at radius 2 is 2.00 bits per heavy atom. The van der Waals surface area contributed by atoms with E-state index in [1.54, 1.807) is 0 Å². The predicted octanol–water partition coefficient (Wildman–Crippen LogP) is 4.46. The van der Waals surface area contributed by atoms with Crippen LogP contribution in [0.3, 0.4) is 0 Å². The van der Waals surface area contributed by atoms with E-state index in [0.29, 0.717) is 0 Å². The molecule has 0 saturated heterocycles. The third-order valence-corrected chi connectivity index (χ3v) is 3.98. The lowest BCUT2D eigenvalue weighted by molar-refractivity contribution is 0.424. The fourth-order valence-electron chi connectivity index (χ4n) is 2.37. The summed E-state index contributed by atoms with van der Waals surface area (Å²) in [5, 5.41) is 4.39. The van der Waals surface area contributed by atoms with Crippen LogP contribution in [-0.4, -0.2) is 18.6 Å². The lowest BCUT2D eigenvalue weighted by Crippen LogP contribution is -2.36. The molecule has 3 heteroatoms. The number of nitrogens with zero attached hydrogens (tertiary/aromatic N) is 1. The zero-order valence-corrected chi connectivity index (χ0v) is 13.9. The second kappa shape index (κ2) is 6.36. The molecule has 1 aromatic carbocycles. The molecule has 1 fully saturated rings. The summed E-state index contributed by atoms with van der Waals surface area (Å²) in [6.07, 6.45) is 2.78. The fraction of sp³-hybridized carbons (Fsp3) is 0.647. The van der Waals surface area contributed by atoms with Gasteiger partial charge in [0.2, 0.25) is 0 Å². The van der Waals surface area contributed by atoms with Crippen molar-refractivity contribution in [1.82, 2.24) is 5.32 Å². The molecule has 0 bridgehead atoms. The van der Waals surface area contributed by atoms with Gasteiger partial charge in [-0.15, -0.1) is 0 Å². The minimum atomic E-state index is 0.118. The van der Waals surface area contributed by atoms with E-state index in [2.05, 4.69) is 50.0 Å². The van der Waals surface area contributed by atoms with Gasteiger partial charge in [-0.1, -0.05) is 11.6 Å². The third-order valence-electron chi connectivity index (χ3n) is 3.75. The molecule has 0 unspecified atom stereocenters. The summed E-state index contributed by atoms with van der Waals surface area (Å²) in [7, 11) is 0. The van der Waals surface area contributed by atoms with E-state index in [-0.39, 0.29) is 5.54 Å². The van der Waals surface area contributed by atoms with Gasteiger partial charge in [-0.3, -0.25) is 0 Å². The van der Waals surface area contributed by atoms with Crippen LogP contribution in [0.5, 0.6) is 0 Å². The van der Waals surface area contributed by atoms with E-state index in [9.17, 15) is 0 Å². The quantitative estimate of drug-likeness (QED) is 0.833. The summed E-state index contributed by atoms with van der Waals surface area (Å²) < 4.78 is 0. The maximum atomic E-state index is 6.19. The van der Waals surface area contributed by atoms with Gasteiger partial charge in [-0.2, -0.15) is 0 Å². The maximum Gasteiger partial charge on any atom is 0.0412 e. The molecule has 1 aliphatic carbocycles. The maximum absolute atomic E-state index is 6.19. The van der Waals surface area contributed by atoms with Gasteiger partial charge in [-0.25, -0.2) is 0 Å². The number of hydrogen-bond acceptors (Lipinski definition) is 2. The Balaban J connectivity index is 2.16. The Hall–Kier alpha value is -0.730. The number of benzene rings is 1. The van der Waals surface area contributed by atoms with Crippen LogP contribution in [0.2, 0.25) is 5.02 Å². The van der Waals surface area contributed by atoms with E-state index < -0.39 is 0 Å². The molecule has 2 rings (SSSR count). The topological polar surface area (TPSA) is 15.3 Å². The van der Waals surface area contributed by atoms with Crippen molar-refractivity contribution in [2.24, 2.45) is 5.92 Å². The zero-order chi connectivity index (χ0) is 14.8. The highest BCUT2D eigenvalue weighted by molar-refractivity contribution is 6.30. The average molecular weight is 295 g/mol. The van der Waals surface area contributed by atoms with E-state index in [0.717, 1.165) is 24.0 Å². The van der Waals surface area contributed by atoms with Crippen molar-refractivity contribution >= 4 is 17.3 Å². The van der Waals surface area contributed by atoms with Gasteiger partial charge in [0.25, 0.3) is 0 Å². The summed E-state index contributed by atoms with van der Waals surface area (Å²) in [6, 6.07) is 6.28. The van der Waals surface area contributed by atoms with Gasteiger partial charge in [-0.05, 0) is 70.2 Å². The van der Waals surface area contributed by atoms with E-state index in [1.165, 1.54) is 30.6 Å². The summed E-state index contributed by atoms with van der Waals surface area (Å²) in [4.78, 5) is 2.49. The van der Waals surface area contributed by atoms with Crippen molar-refractivity contribution in [2.75, 3.05) is 18.0 Å². The second-order valence-corrected chi connectivity index (χ2v) is 7.30. The largest absolute Gasteiger partial charge is 0.371 e. The molecule has 20 heavy (non-hydrogen) atoms. The monoisotopic (exact) mass is 294 g/mol. The van der Waals surface area contributed by atoms with Crippen LogP contribution in [0.1, 0.15) is 46.1 Å². The van der Waals surface area contributed by atoms with E-state index in [1.807, 2.05) is 6.07 Å². The Morgan fingerprint density at radius 1 is 1.30 bits per heavy atom. The molecule has 0 heterocycles. The molecule has 0 radical (unpaired) electrons. The Kier molecular flexibility index (Phi) is 4.98. The van der Waals surface area contributed by atoms with Crippen molar-refractivity contribution in [3.63, 3.8) is 0 Å². The standard InChI is InChI=1S/C17H27ClN2/c1-5-20(12-13-6-7-13)16-9-8-15(18)10-14(16)11-19-17(2,3)4/h8-10,13,19H,5-7,11-12H2,1-4H3. The molecule has 1 N–H and O–H groups in total. The average Bonchev–Trinajstić information content (AvgIpc) is 3.17. The van der Waals surface area contributed by atoms with Crippen LogP contribution in [0, 0.1) is 5.92 Å². The Morgan fingerprint density at radius 3 is 2.55 bits per heavy atom. The molecule has 0 aromatic heterocycles. The number of nitrogens with one attached hydrogen (secondary N) is 1. The SMILES string of the molecule is CCN(CC1CC1)c1ccc(Cl)cc1CNC(C)(C)C. The number of rotatable bonds is 6. The van der Waals surface area contributed by atoms with E-state index in [4.69, 9.17) is 11.6 Å². The first kappa shape index (κ1) is 15.7. The minimum absolute atomic E-state index is 0.118. The number of hydrogen-bond donors (Lipinski definition) is 1. The molecule has 1 aromatic rings. The fourth-order valence-corrected chi connectivity index (χ4v) is 2.57. The van der Waals surface area contributed by atoms with E-state index >= 15 is 0 Å². The highest BCUT2D eigenvalue weighted by Crippen LogP contribution is 2.33. The van der Waals surface area contributed by atoms with Gasteiger partial charge in [0.1, 0.15) is 0 Å². The molecule has 1 saturated carbocycles. The number of halogens is 1. The summed E-state index contributed by atoms with van der Waals surface area (Å²) in [5.41, 5.74) is 2.75. The normalized spacial score (nSPS) is 15.4. The molecule has 0 aliphatic heterocycles. The molecule has 1 aliphatic rings. The van der Waals surface area contributed by atoms with Crippen molar-refractivity contribution in [2.45, 2.75) is 52.6 Å². The molecule has 0 spiro atoms. The summed E-state index contributed by atoms with van der Waals surface area (Å²) >= 11 is 6.19. The van der Waals surface area contributed by atoms with Gasteiger partial charge in [0.05, 0.1) is 0 Å². The highest BCUT2D eigenvalue weighted by atomic mass is 35.5. The molecule has 2 nitrogen and oxygen atoms in total. The molecular formula is C17H27ClN2. The van der Waals surface area contributed by atoms with Crippen LogP contribution in [0.4, 0.5) is 5.69 Å². The molecule has 0 amide bonds. The van der Waals surface area contributed by atoms with Crippen molar-refractivity contribution < 1.29 is 0 Å². The van der Waals surface area contributed by atoms with Gasteiger partial charge in [0.15, 0.2) is 0 Å². The molecular weight excluding hydrogens is 268 g/mol. The zero-order valence-electron chi connectivity index (χ0n) is 13.2. The van der Waals surface area contributed by atoms with Crippen LogP contribution < -0.4 is 10.2 Å². The molecule has 0 atom stereocenters.